The summed E-state index contributed by atoms with van der Waals surface area (Å²) >= 11 is 0.496. The zero-order valence-corrected chi connectivity index (χ0v) is 16.3. The highest BCUT2D eigenvalue weighted by molar-refractivity contribution is 7.64. The second-order valence-corrected chi connectivity index (χ2v) is 6.84. The van der Waals surface area contributed by atoms with Gasteiger partial charge in [0.25, 0.3) is 0 Å². The highest BCUT2D eigenvalue weighted by Crippen LogP contribution is 2.26. The molecule has 3 aromatic rings. The van der Waals surface area contributed by atoms with Gasteiger partial charge in [0.1, 0.15) is 5.75 Å². The Morgan fingerprint density at radius 1 is 1.11 bits per heavy atom. The first kappa shape index (κ1) is 19.8. The van der Waals surface area contributed by atoms with Crippen LogP contribution in [0.4, 0.5) is 5.69 Å². The molecule has 0 aliphatic carbocycles. The number of aryl methyl sites for hydroxylation is 1. The van der Waals surface area contributed by atoms with Crippen LogP contribution >= 0.6 is 0 Å². The number of hydrogen-bond donors (Lipinski definition) is 1. The lowest BCUT2D eigenvalue weighted by Gasteiger charge is -2.17. The van der Waals surface area contributed by atoms with Crippen LogP contribution in [0.2, 0.25) is 0 Å². The summed E-state index contributed by atoms with van der Waals surface area (Å²) in [5.74, 6) is 0.890. The largest absolute Gasteiger partial charge is 0.494 e. The van der Waals surface area contributed by atoms with Crippen molar-refractivity contribution in [1.29, 1.82) is 0 Å². The maximum atomic E-state index is 11.2. The molecule has 0 fully saturated rings. The molecule has 2 heterocycles. The monoisotopic (exact) mass is 394 g/mol. The number of anilines is 1. The van der Waals surface area contributed by atoms with Gasteiger partial charge in [-0.25, -0.2) is 4.21 Å². The first-order chi connectivity index (χ1) is 13.8. The number of rotatable bonds is 5. The smallest absolute Gasteiger partial charge is 0.224 e. The van der Waals surface area contributed by atoms with Gasteiger partial charge in [-0.1, -0.05) is 24.3 Å². The molecule has 0 spiro atoms. The van der Waals surface area contributed by atoms with Crippen LogP contribution in [-0.2, 0) is 22.5 Å². The van der Waals surface area contributed by atoms with E-state index in [0.717, 1.165) is 41.8 Å². The third-order valence-corrected chi connectivity index (χ3v) is 4.66. The van der Waals surface area contributed by atoms with Crippen LogP contribution in [0.25, 0.3) is 10.9 Å². The Bertz CT molecular complexity index is 934. The van der Waals surface area contributed by atoms with E-state index < -0.39 is 0 Å². The van der Waals surface area contributed by atoms with E-state index in [-0.39, 0.29) is 5.91 Å². The Morgan fingerprint density at radius 3 is 2.82 bits per heavy atom. The molecule has 28 heavy (non-hydrogen) atoms. The van der Waals surface area contributed by atoms with E-state index in [9.17, 15) is 9.00 Å². The number of para-hydroxylation sites is 1. The van der Waals surface area contributed by atoms with Crippen molar-refractivity contribution in [2.45, 2.75) is 25.7 Å². The molecule has 0 saturated heterocycles. The molecule has 5 nitrogen and oxygen atoms in total. The summed E-state index contributed by atoms with van der Waals surface area (Å²) in [6, 6.07) is 17.8. The lowest BCUT2D eigenvalue weighted by Crippen LogP contribution is -2.18. The molecular formula is C22H22N2O3S. The minimum absolute atomic E-state index is 0.0711. The number of aromatic nitrogens is 1. The van der Waals surface area contributed by atoms with Gasteiger partial charge in [0, 0.05) is 29.1 Å². The van der Waals surface area contributed by atoms with Crippen LogP contribution in [0.5, 0.6) is 5.75 Å². The highest BCUT2D eigenvalue weighted by atomic mass is 32.1. The van der Waals surface area contributed by atoms with Crippen LogP contribution in [0.15, 0.2) is 60.8 Å². The fourth-order valence-corrected chi connectivity index (χ4v) is 3.13. The van der Waals surface area contributed by atoms with Crippen LogP contribution in [0.3, 0.4) is 0 Å². The van der Waals surface area contributed by atoms with E-state index in [1.807, 2.05) is 48.7 Å². The lowest BCUT2D eigenvalue weighted by atomic mass is 10.0. The molecule has 6 heteroatoms. The number of carbonyl (C=O) groups excluding carboxylic acids is 1. The normalized spacial score (nSPS) is 12.2. The van der Waals surface area contributed by atoms with Crippen molar-refractivity contribution in [3.05, 3.63) is 66.4 Å². The molecule has 1 aliphatic heterocycles. The molecule has 4 rings (SSSR count). The molecule has 0 radical (unpaired) electrons. The minimum Gasteiger partial charge on any atom is -0.494 e. The summed E-state index contributed by atoms with van der Waals surface area (Å²) in [6.45, 7) is 0.599. The Morgan fingerprint density at radius 2 is 1.96 bits per heavy atom. The SMILES string of the molecule is O=S=CCCCOc1ccc2c(c1)CCC(=O)N2.c1ccc2ncccc2c1. The first-order valence-corrected chi connectivity index (χ1v) is 10.0. The van der Waals surface area contributed by atoms with E-state index in [1.165, 1.54) is 5.39 Å². The molecule has 0 atom stereocenters. The molecule has 0 saturated carbocycles. The standard InChI is InChI=1S/C13H15NO3S.C9H7N/c15-13-6-3-10-9-11(4-5-12(10)14-13)17-7-1-2-8-18-16;1-2-6-9-8(4-1)5-3-7-10-9/h4-5,8-9H,1-3,6-7H2,(H,14,15);1-7H. The molecule has 1 aromatic heterocycles. The summed E-state index contributed by atoms with van der Waals surface area (Å²) in [4.78, 5) is 15.4. The number of benzene rings is 2. The predicted molar refractivity (Wildman–Crippen MR) is 114 cm³/mol. The topological polar surface area (TPSA) is 68.3 Å². The summed E-state index contributed by atoms with van der Waals surface area (Å²) < 4.78 is 15.7. The number of fused-ring (bicyclic) bond motifs is 2. The third kappa shape index (κ3) is 5.76. The van der Waals surface area contributed by atoms with Crippen molar-refractivity contribution in [2.24, 2.45) is 0 Å². The van der Waals surface area contributed by atoms with E-state index in [2.05, 4.69) is 22.4 Å². The Kier molecular flexibility index (Phi) is 7.32. The quantitative estimate of drug-likeness (QED) is 0.525. The van der Waals surface area contributed by atoms with Gasteiger partial charge in [-0.05, 0) is 55.2 Å². The van der Waals surface area contributed by atoms with Crippen LogP contribution < -0.4 is 10.1 Å². The Hall–Kier alpha value is -2.99. The van der Waals surface area contributed by atoms with Crippen molar-refractivity contribution in [3.63, 3.8) is 0 Å². The zero-order chi connectivity index (χ0) is 19.6. The average Bonchev–Trinajstić information content (AvgIpc) is 2.74. The summed E-state index contributed by atoms with van der Waals surface area (Å²) in [5, 5.41) is 5.66. The van der Waals surface area contributed by atoms with E-state index in [1.54, 1.807) is 5.37 Å². The van der Waals surface area contributed by atoms with Gasteiger partial charge in [0.05, 0.1) is 23.4 Å². The number of ether oxygens (including phenoxy) is 1. The molecule has 1 N–H and O–H groups in total. The molecule has 144 valence electrons. The number of nitrogens with one attached hydrogen (secondary N) is 1. The Labute approximate surface area is 167 Å². The number of carbonyl (C=O) groups is 1. The Balaban J connectivity index is 0.000000188. The third-order valence-electron chi connectivity index (χ3n) is 4.29. The molecule has 2 aromatic carbocycles. The van der Waals surface area contributed by atoms with Gasteiger partial charge < -0.3 is 10.1 Å². The molecule has 1 amide bonds. The maximum Gasteiger partial charge on any atom is 0.224 e. The summed E-state index contributed by atoms with van der Waals surface area (Å²) in [7, 11) is 0. The van der Waals surface area contributed by atoms with Crippen molar-refractivity contribution in [2.75, 3.05) is 11.9 Å². The predicted octanol–water partition coefficient (Wildman–Crippen LogP) is 3.98. The van der Waals surface area contributed by atoms with Crippen molar-refractivity contribution < 1.29 is 13.7 Å². The lowest BCUT2D eigenvalue weighted by molar-refractivity contribution is -0.116. The fraction of sp³-hybridized carbons (Fsp3) is 0.227. The second-order valence-electron chi connectivity index (χ2n) is 6.32. The number of amides is 1. The van der Waals surface area contributed by atoms with E-state index in [0.29, 0.717) is 24.3 Å². The fourth-order valence-electron chi connectivity index (χ4n) is 2.87. The van der Waals surface area contributed by atoms with Crippen LogP contribution in [0, 0.1) is 0 Å². The van der Waals surface area contributed by atoms with Crippen LogP contribution in [-0.4, -0.2) is 27.1 Å². The van der Waals surface area contributed by atoms with Crippen molar-refractivity contribution >= 4 is 39.1 Å². The highest BCUT2D eigenvalue weighted by Gasteiger charge is 2.14. The van der Waals surface area contributed by atoms with Gasteiger partial charge >= 0.3 is 0 Å². The number of nitrogens with zero attached hydrogens (tertiary/aromatic N) is 1. The minimum atomic E-state index is 0.0711. The first-order valence-electron chi connectivity index (χ1n) is 9.22. The average molecular weight is 394 g/mol. The molecular weight excluding hydrogens is 372 g/mol. The van der Waals surface area contributed by atoms with Gasteiger partial charge in [0.15, 0.2) is 0 Å². The van der Waals surface area contributed by atoms with Crippen molar-refractivity contribution in [3.8, 4) is 5.75 Å². The number of hydrogen-bond acceptors (Lipinski definition) is 4. The second kappa shape index (κ2) is 10.4. The molecule has 0 unspecified atom stereocenters. The van der Waals surface area contributed by atoms with E-state index >= 15 is 0 Å². The molecule has 0 bridgehead atoms. The summed E-state index contributed by atoms with van der Waals surface area (Å²) in [6.07, 6.45) is 4.70. The van der Waals surface area contributed by atoms with Gasteiger partial charge in [0.2, 0.25) is 5.91 Å². The van der Waals surface area contributed by atoms with Gasteiger partial charge in [-0.2, -0.15) is 0 Å². The zero-order valence-electron chi connectivity index (χ0n) is 15.5. The number of unbranched alkanes of at least 4 members (excludes halogenated alkanes) is 1. The molecule has 1 aliphatic rings. The van der Waals surface area contributed by atoms with Crippen molar-refractivity contribution in [1.82, 2.24) is 4.98 Å². The van der Waals surface area contributed by atoms with Crippen LogP contribution in [0.1, 0.15) is 24.8 Å². The van der Waals surface area contributed by atoms with Gasteiger partial charge in [-0.15, -0.1) is 0 Å². The van der Waals surface area contributed by atoms with E-state index in [4.69, 9.17) is 4.74 Å². The number of pyridine rings is 1. The maximum absolute atomic E-state index is 11.2. The summed E-state index contributed by atoms with van der Waals surface area (Å²) in [5.41, 5.74) is 3.06. The van der Waals surface area contributed by atoms with Gasteiger partial charge in [-0.3, -0.25) is 9.78 Å².